The molecule has 20 heavy (non-hydrogen) atoms. The maximum absolute atomic E-state index is 12.7. The first-order valence-electron chi connectivity index (χ1n) is 5.14. The lowest BCUT2D eigenvalue weighted by Gasteiger charge is -2.22. The third kappa shape index (κ3) is 3.81. The molecule has 1 aromatic rings. The molecule has 1 rings (SSSR count). The van der Waals surface area contributed by atoms with Crippen LogP contribution >= 0.6 is 0 Å². The maximum atomic E-state index is 12.7. The SMILES string of the molecule is OC(CC(F)(F)C(F)(F)F)c1cccc(C(F)(F)F)c1. The molecule has 0 amide bonds. The van der Waals surface area contributed by atoms with E-state index in [-0.39, 0.29) is 0 Å². The largest absolute Gasteiger partial charge is 0.453 e. The second-order valence-electron chi connectivity index (χ2n) is 4.05. The summed E-state index contributed by atoms with van der Waals surface area (Å²) in [7, 11) is 0. The summed E-state index contributed by atoms with van der Waals surface area (Å²) < 4.78 is 98.2. The molecular weight excluding hydrogens is 300 g/mol. The third-order valence-corrected chi connectivity index (χ3v) is 2.46. The van der Waals surface area contributed by atoms with Gasteiger partial charge in [-0.1, -0.05) is 12.1 Å². The monoisotopic (exact) mass is 308 g/mol. The summed E-state index contributed by atoms with van der Waals surface area (Å²) in [5.41, 5.74) is -1.91. The number of rotatable bonds is 3. The Balaban J connectivity index is 2.97. The molecule has 0 heterocycles. The second-order valence-corrected chi connectivity index (χ2v) is 4.05. The van der Waals surface area contributed by atoms with E-state index < -0.39 is 41.9 Å². The highest BCUT2D eigenvalue weighted by Crippen LogP contribution is 2.42. The number of aliphatic hydroxyl groups is 1. The van der Waals surface area contributed by atoms with Crippen LogP contribution in [0.25, 0.3) is 0 Å². The zero-order valence-corrected chi connectivity index (χ0v) is 9.56. The Labute approximate surface area is 107 Å². The van der Waals surface area contributed by atoms with Gasteiger partial charge in [-0.3, -0.25) is 0 Å². The highest BCUT2D eigenvalue weighted by Gasteiger charge is 2.58. The van der Waals surface area contributed by atoms with E-state index in [4.69, 9.17) is 0 Å². The van der Waals surface area contributed by atoms with Crippen LogP contribution in [-0.4, -0.2) is 17.2 Å². The summed E-state index contributed by atoms with van der Waals surface area (Å²) in [5.74, 6) is -5.19. The molecule has 0 aliphatic heterocycles. The molecule has 0 saturated heterocycles. The topological polar surface area (TPSA) is 20.2 Å². The van der Waals surface area contributed by atoms with Crippen LogP contribution < -0.4 is 0 Å². The van der Waals surface area contributed by atoms with E-state index in [2.05, 4.69) is 0 Å². The fourth-order valence-corrected chi connectivity index (χ4v) is 1.40. The van der Waals surface area contributed by atoms with Gasteiger partial charge in [-0.25, -0.2) is 0 Å². The van der Waals surface area contributed by atoms with Gasteiger partial charge in [0.2, 0.25) is 0 Å². The first kappa shape index (κ1) is 16.7. The van der Waals surface area contributed by atoms with Crippen LogP contribution in [0.15, 0.2) is 24.3 Å². The Hall–Kier alpha value is -1.38. The van der Waals surface area contributed by atoms with Crippen LogP contribution in [0.1, 0.15) is 23.7 Å². The van der Waals surface area contributed by atoms with Crippen molar-refractivity contribution >= 4 is 0 Å². The predicted octanol–water partition coefficient (Wildman–Crippen LogP) is 4.33. The normalized spacial score (nSPS) is 15.2. The Morgan fingerprint density at radius 3 is 1.95 bits per heavy atom. The average Bonchev–Trinajstić information content (AvgIpc) is 2.26. The molecule has 1 unspecified atom stereocenters. The van der Waals surface area contributed by atoms with E-state index in [0.717, 1.165) is 12.1 Å². The fraction of sp³-hybridized carbons (Fsp3) is 0.455. The van der Waals surface area contributed by atoms with Crippen LogP contribution in [0.2, 0.25) is 0 Å². The summed E-state index contributed by atoms with van der Waals surface area (Å²) in [5, 5.41) is 9.26. The van der Waals surface area contributed by atoms with E-state index in [9.17, 15) is 40.2 Å². The van der Waals surface area contributed by atoms with Gasteiger partial charge in [0.1, 0.15) is 0 Å². The summed E-state index contributed by atoms with van der Waals surface area (Å²) in [6.07, 6.45) is -15.1. The van der Waals surface area contributed by atoms with Crippen molar-refractivity contribution in [3.8, 4) is 0 Å². The summed E-state index contributed by atoms with van der Waals surface area (Å²) in [4.78, 5) is 0. The molecule has 0 aromatic heterocycles. The number of hydrogen-bond acceptors (Lipinski definition) is 1. The van der Waals surface area contributed by atoms with Crippen LogP contribution in [-0.2, 0) is 6.18 Å². The first-order valence-corrected chi connectivity index (χ1v) is 5.14. The van der Waals surface area contributed by atoms with Gasteiger partial charge in [0, 0.05) is 0 Å². The highest BCUT2D eigenvalue weighted by atomic mass is 19.4. The van der Waals surface area contributed by atoms with E-state index in [0.29, 0.717) is 12.1 Å². The van der Waals surface area contributed by atoms with Crippen LogP contribution in [0.4, 0.5) is 35.1 Å². The molecule has 1 atom stereocenters. The minimum absolute atomic E-state index is 0.330. The quantitative estimate of drug-likeness (QED) is 0.824. The van der Waals surface area contributed by atoms with Gasteiger partial charge < -0.3 is 5.11 Å². The van der Waals surface area contributed by atoms with Crippen LogP contribution in [0.5, 0.6) is 0 Å². The molecule has 0 radical (unpaired) electrons. The Bertz CT molecular complexity index is 462. The Kier molecular flexibility index (Phi) is 4.33. The number of aliphatic hydroxyl groups excluding tert-OH is 1. The smallest absolute Gasteiger partial charge is 0.388 e. The number of benzene rings is 1. The molecule has 0 aliphatic carbocycles. The zero-order valence-electron chi connectivity index (χ0n) is 9.56. The van der Waals surface area contributed by atoms with Crippen molar-refractivity contribution in [2.45, 2.75) is 30.8 Å². The van der Waals surface area contributed by atoms with Gasteiger partial charge in [0.15, 0.2) is 0 Å². The van der Waals surface area contributed by atoms with Crippen LogP contribution in [0, 0.1) is 0 Å². The van der Waals surface area contributed by atoms with Crippen molar-refractivity contribution in [2.75, 3.05) is 0 Å². The zero-order chi connectivity index (χ0) is 15.8. The molecule has 0 fully saturated rings. The van der Waals surface area contributed by atoms with Crippen molar-refractivity contribution in [2.24, 2.45) is 0 Å². The Morgan fingerprint density at radius 2 is 1.50 bits per heavy atom. The molecule has 9 heteroatoms. The van der Waals surface area contributed by atoms with Crippen molar-refractivity contribution < 1.29 is 40.2 Å². The minimum Gasteiger partial charge on any atom is -0.388 e. The summed E-state index contributed by atoms with van der Waals surface area (Å²) >= 11 is 0. The Morgan fingerprint density at radius 1 is 0.950 bits per heavy atom. The van der Waals surface area contributed by atoms with Crippen molar-refractivity contribution in [1.82, 2.24) is 0 Å². The molecule has 1 N–H and O–H groups in total. The molecule has 0 spiro atoms. The molecular formula is C11H8F8O. The molecule has 1 aromatic carbocycles. The van der Waals surface area contributed by atoms with E-state index in [1.807, 2.05) is 0 Å². The second kappa shape index (κ2) is 5.19. The predicted molar refractivity (Wildman–Crippen MR) is 52.0 cm³/mol. The van der Waals surface area contributed by atoms with E-state index >= 15 is 0 Å². The molecule has 0 bridgehead atoms. The van der Waals surface area contributed by atoms with E-state index in [1.54, 1.807) is 0 Å². The minimum atomic E-state index is -5.88. The lowest BCUT2D eigenvalue weighted by atomic mass is 10.0. The van der Waals surface area contributed by atoms with Gasteiger partial charge in [0.25, 0.3) is 0 Å². The van der Waals surface area contributed by atoms with Gasteiger partial charge in [0.05, 0.1) is 18.1 Å². The lowest BCUT2D eigenvalue weighted by Crippen LogP contribution is -2.37. The number of alkyl halides is 8. The summed E-state index contributed by atoms with van der Waals surface area (Å²) in [6, 6.07) is 2.59. The fourth-order valence-electron chi connectivity index (χ4n) is 1.40. The molecule has 1 nitrogen and oxygen atoms in total. The standard InChI is InChI=1S/C11H8F8O/c12-9(13,11(17,18)19)5-8(20)6-2-1-3-7(4-6)10(14,15)16/h1-4,8,20H,5H2. The number of hydrogen-bond donors (Lipinski definition) is 1. The first-order chi connectivity index (χ1) is 8.84. The third-order valence-electron chi connectivity index (χ3n) is 2.46. The van der Waals surface area contributed by atoms with Crippen molar-refractivity contribution in [3.63, 3.8) is 0 Å². The molecule has 0 aliphatic rings. The molecule has 0 saturated carbocycles. The number of halogens is 8. The van der Waals surface area contributed by atoms with Gasteiger partial charge in [-0.2, -0.15) is 35.1 Å². The van der Waals surface area contributed by atoms with E-state index in [1.165, 1.54) is 0 Å². The summed E-state index contributed by atoms with van der Waals surface area (Å²) in [6.45, 7) is 0. The molecule has 114 valence electrons. The maximum Gasteiger partial charge on any atom is 0.453 e. The average molecular weight is 308 g/mol. The van der Waals surface area contributed by atoms with Gasteiger partial charge in [-0.05, 0) is 17.7 Å². The lowest BCUT2D eigenvalue weighted by molar-refractivity contribution is -0.290. The van der Waals surface area contributed by atoms with Crippen molar-refractivity contribution in [1.29, 1.82) is 0 Å². The van der Waals surface area contributed by atoms with Crippen molar-refractivity contribution in [3.05, 3.63) is 35.4 Å². The highest BCUT2D eigenvalue weighted by molar-refractivity contribution is 5.27. The van der Waals surface area contributed by atoms with Gasteiger partial charge >= 0.3 is 18.3 Å². The van der Waals surface area contributed by atoms with Crippen LogP contribution in [0.3, 0.4) is 0 Å². The van der Waals surface area contributed by atoms with Gasteiger partial charge in [-0.15, -0.1) is 0 Å².